The Hall–Kier alpha value is -2.73. The van der Waals surface area contributed by atoms with Crippen LogP contribution in [0.2, 0.25) is 0 Å². The molecule has 4 N–H and O–H groups in total. The summed E-state index contributed by atoms with van der Waals surface area (Å²) in [6, 6.07) is 14.9. The molecule has 3 rings (SSSR count). The quantitative estimate of drug-likeness (QED) is 0.448. The molecule has 1 aromatic heterocycles. The molecular formula is C19H19N3O2S. The van der Waals surface area contributed by atoms with E-state index in [0.29, 0.717) is 5.56 Å². The maximum Gasteiger partial charge on any atom is 0.227 e. The van der Waals surface area contributed by atoms with Gasteiger partial charge in [0.1, 0.15) is 0 Å². The number of carbonyl (C=O) groups is 2. The SMILES string of the molecule is C[C@H](Nc1ccccc1SCC(N)=O)C(=O)c1c[nH]c2ccccc12. The van der Waals surface area contributed by atoms with E-state index in [0.717, 1.165) is 21.5 Å². The van der Waals surface area contributed by atoms with E-state index in [2.05, 4.69) is 10.3 Å². The molecule has 2 aromatic carbocycles. The van der Waals surface area contributed by atoms with Gasteiger partial charge in [-0.1, -0.05) is 30.3 Å². The number of hydrogen-bond acceptors (Lipinski definition) is 4. The van der Waals surface area contributed by atoms with Crippen LogP contribution in [0.4, 0.5) is 5.69 Å². The highest BCUT2D eigenvalue weighted by atomic mass is 32.2. The van der Waals surface area contributed by atoms with Crippen molar-refractivity contribution in [3.05, 3.63) is 60.3 Å². The monoisotopic (exact) mass is 353 g/mol. The fraction of sp³-hybridized carbons (Fsp3) is 0.158. The molecule has 0 aliphatic carbocycles. The Kier molecular flexibility index (Phi) is 5.09. The van der Waals surface area contributed by atoms with Crippen LogP contribution >= 0.6 is 11.8 Å². The van der Waals surface area contributed by atoms with Crippen molar-refractivity contribution in [2.45, 2.75) is 17.9 Å². The fourth-order valence-corrected chi connectivity index (χ4v) is 3.42. The summed E-state index contributed by atoms with van der Waals surface area (Å²) < 4.78 is 0. The highest BCUT2D eigenvalue weighted by molar-refractivity contribution is 8.00. The molecule has 0 saturated carbocycles. The predicted molar refractivity (Wildman–Crippen MR) is 102 cm³/mol. The molecule has 0 saturated heterocycles. The molecule has 25 heavy (non-hydrogen) atoms. The number of nitrogens with one attached hydrogen (secondary N) is 2. The second-order valence-electron chi connectivity index (χ2n) is 5.73. The molecule has 128 valence electrons. The van der Waals surface area contributed by atoms with Crippen LogP contribution < -0.4 is 11.1 Å². The molecule has 0 spiro atoms. The second-order valence-corrected chi connectivity index (χ2v) is 6.75. The minimum absolute atomic E-state index is 0.00662. The lowest BCUT2D eigenvalue weighted by atomic mass is 10.0. The van der Waals surface area contributed by atoms with Crippen LogP contribution in [-0.4, -0.2) is 28.5 Å². The molecule has 5 nitrogen and oxygen atoms in total. The Morgan fingerprint density at radius 3 is 2.68 bits per heavy atom. The number of aromatic amines is 1. The average molecular weight is 353 g/mol. The maximum absolute atomic E-state index is 12.8. The van der Waals surface area contributed by atoms with Crippen LogP contribution in [0.25, 0.3) is 10.9 Å². The molecule has 0 aliphatic heterocycles. The zero-order valence-electron chi connectivity index (χ0n) is 13.8. The molecule has 3 aromatic rings. The first kappa shape index (κ1) is 17.1. The number of benzene rings is 2. The summed E-state index contributed by atoms with van der Waals surface area (Å²) in [5.41, 5.74) is 7.64. The maximum atomic E-state index is 12.8. The van der Waals surface area contributed by atoms with Crippen molar-refractivity contribution in [2.24, 2.45) is 5.73 Å². The molecule has 6 heteroatoms. The topological polar surface area (TPSA) is 88.0 Å². The number of carbonyl (C=O) groups excluding carboxylic acids is 2. The predicted octanol–water partition coefficient (Wildman–Crippen LogP) is 3.43. The van der Waals surface area contributed by atoms with Crippen molar-refractivity contribution in [1.82, 2.24) is 4.98 Å². The van der Waals surface area contributed by atoms with Crippen LogP contribution in [0.1, 0.15) is 17.3 Å². The van der Waals surface area contributed by atoms with Crippen molar-refractivity contribution in [1.29, 1.82) is 0 Å². The molecule has 0 fully saturated rings. The first-order valence-electron chi connectivity index (χ1n) is 7.93. The van der Waals surface area contributed by atoms with E-state index in [4.69, 9.17) is 5.73 Å². The highest BCUT2D eigenvalue weighted by Gasteiger charge is 2.19. The molecule has 1 atom stereocenters. The number of ketones is 1. The first-order chi connectivity index (χ1) is 12.1. The van der Waals surface area contributed by atoms with Gasteiger partial charge in [0, 0.05) is 33.2 Å². The third-order valence-corrected chi connectivity index (χ3v) is 4.97. The van der Waals surface area contributed by atoms with Gasteiger partial charge in [0.05, 0.1) is 11.8 Å². The minimum Gasteiger partial charge on any atom is -0.374 e. The van der Waals surface area contributed by atoms with E-state index in [1.165, 1.54) is 11.8 Å². The number of thioether (sulfide) groups is 1. The lowest BCUT2D eigenvalue weighted by Crippen LogP contribution is -2.26. The number of hydrogen-bond donors (Lipinski definition) is 3. The zero-order chi connectivity index (χ0) is 17.8. The number of amides is 1. The summed E-state index contributed by atoms with van der Waals surface area (Å²) in [6.07, 6.45) is 1.75. The van der Waals surface area contributed by atoms with E-state index >= 15 is 0 Å². The molecule has 0 bridgehead atoms. The largest absolute Gasteiger partial charge is 0.374 e. The number of rotatable bonds is 7. The van der Waals surface area contributed by atoms with Crippen LogP contribution in [0.3, 0.4) is 0 Å². The van der Waals surface area contributed by atoms with Gasteiger partial charge in [0.25, 0.3) is 0 Å². The summed E-state index contributed by atoms with van der Waals surface area (Å²) in [4.78, 5) is 27.9. The number of H-pyrrole nitrogens is 1. The van der Waals surface area contributed by atoms with E-state index in [9.17, 15) is 9.59 Å². The van der Waals surface area contributed by atoms with Gasteiger partial charge < -0.3 is 16.0 Å². The Balaban J connectivity index is 1.79. The fourth-order valence-electron chi connectivity index (χ4n) is 2.67. The number of anilines is 1. The number of fused-ring (bicyclic) bond motifs is 1. The lowest BCUT2D eigenvalue weighted by Gasteiger charge is -2.16. The van der Waals surface area contributed by atoms with Gasteiger partial charge in [-0.2, -0.15) is 0 Å². The second kappa shape index (κ2) is 7.44. The summed E-state index contributed by atoms with van der Waals surface area (Å²) in [5.74, 6) is -0.168. The van der Waals surface area contributed by atoms with E-state index in [1.54, 1.807) is 6.20 Å². The van der Waals surface area contributed by atoms with Crippen LogP contribution in [0, 0.1) is 0 Å². The number of aromatic nitrogens is 1. The van der Waals surface area contributed by atoms with Gasteiger partial charge >= 0.3 is 0 Å². The Labute approximate surface area is 150 Å². The van der Waals surface area contributed by atoms with E-state index < -0.39 is 6.04 Å². The number of Topliss-reactive ketones (excluding diaryl/α,β-unsaturated/α-hetero) is 1. The van der Waals surface area contributed by atoms with Crippen molar-refractivity contribution in [3.8, 4) is 0 Å². The van der Waals surface area contributed by atoms with E-state index in [1.807, 2.05) is 55.5 Å². The van der Waals surface area contributed by atoms with Gasteiger partial charge in [-0.15, -0.1) is 11.8 Å². The summed E-state index contributed by atoms with van der Waals surface area (Å²) >= 11 is 1.35. The number of nitrogens with two attached hydrogens (primary N) is 1. The third kappa shape index (κ3) is 3.85. The number of para-hydroxylation sites is 2. The first-order valence-corrected chi connectivity index (χ1v) is 8.92. The van der Waals surface area contributed by atoms with Gasteiger partial charge in [0.15, 0.2) is 5.78 Å². The lowest BCUT2D eigenvalue weighted by molar-refractivity contribution is -0.115. The average Bonchev–Trinajstić information content (AvgIpc) is 3.04. The minimum atomic E-state index is -0.408. The summed E-state index contributed by atoms with van der Waals surface area (Å²) in [7, 11) is 0. The molecule has 0 aliphatic rings. The third-order valence-electron chi connectivity index (χ3n) is 3.88. The summed E-state index contributed by atoms with van der Waals surface area (Å²) in [6.45, 7) is 1.83. The van der Waals surface area contributed by atoms with Crippen molar-refractivity contribution >= 4 is 40.0 Å². The standard InChI is InChI=1S/C19H19N3O2S/c1-12(19(24)14-10-21-15-7-3-2-6-13(14)15)22-16-8-4-5-9-17(16)25-11-18(20)23/h2-10,12,21-22H,11H2,1H3,(H2,20,23)/t12-/m0/s1. The Morgan fingerprint density at radius 1 is 1.16 bits per heavy atom. The Morgan fingerprint density at radius 2 is 1.88 bits per heavy atom. The van der Waals surface area contributed by atoms with Gasteiger partial charge in [-0.3, -0.25) is 9.59 Å². The molecule has 1 heterocycles. The van der Waals surface area contributed by atoms with Gasteiger partial charge in [0.2, 0.25) is 5.91 Å². The van der Waals surface area contributed by atoms with Crippen LogP contribution in [0.15, 0.2) is 59.6 Å². The van der Waals surface area contributed by atoms with Crippen molar-refractivity contribution in [2.75, 3.05) is 11.1 Å². The molecule has 0 radical (unpaired) electrons. The normalized spacial score (nSPS) is 12.0. The Bertz CT molecular complexity index is 920. The molecule has 0 unspecified atom stereocenters. The van der Waals surface area contributed by atoms with Crippen LogP contribution in [0.5, 0.6) is 0 Å². The van der Waals surface area contributed by atoms with E-state index in [-0.39, 0.29) is 17.4 Å². The number of primary amides is 1. The molecular weight excluding hydrogens is 334 g/mol. The highest BCUT2D eigenvalue weighted by Crippen LogP contribution is 2.28. The van der Waals surface area contributed by atoms with Crippen LogP contribution in [-0.2, 0) is 4.79 Å². The van der Waals surface area contributed by atoms with Gasteiger partial charge in [-0.25, -0.2) is 0 Å². The van der Waals surface area contributed by atoms with Gasteiger partial charge in [-0.05, 0) is 25.1 Å². The van der Waals surface area contributed by atoms with Crippen molar-refractivity contribution in [3.63, 3.8) is 0 Å². The molecule has 1 amide bonds. The van der Waals surface area contributed by atoms with Crippen molar-refractivity contribution < 1.29 is 9.59 Å². The summed E-state index contributed by atoms with van der Waals surface area (Å²) in [5, 5.41) is 4.16. The smallest absolute Gasteiger partial charge is 0.227 e. The zero-order valence-corrected chi connectivity index (χ0v) is 14.6.